The zero-order valence-electron chi connectivity index (χ0n) is 12.8. The molecule has 118 valence electrons. The zero-order chi connectivity index (χ0) is 15.6. The molecule has 0 fully saturated rings. The average Bonchev–Trinajstić information content (AvgIpc) is 2.96. The molecule has 0 spiro atoms. The van der Waals surface area contributed by atoms with Crippen LogP contribution < -0.4 is 5.32 Å². The molecule has 0 atom stereocenters. The third kappa shape index (κ3) is 2.79. The molecule has 4 rings (SSSR count). The Hall–Kier alpha value is -2.07. The van der Waals surface area contributed by atoms with Gasteiger partial charge in [-0.2, -0.15) is 0 Å². The Kier molecular flexibility index (Phi) is 3.92. The van der Waals surface area contributed by atoms with Gasteiger partial charge in [-0.15, -0.1) is 0 Å². The lowest BCUT2D eigenvalue weighted by atomic mass is 9.96. The molecule has 0 saturated carbocycles. The maximum atomic E-state index is 6.21. The van der Waals surface area contributed by atoms with Crippen molar-refractivity contribution in [2.45, 2.75) is 32.1 Å². The standard InChI is InChI=1S/C18H18ClN3O/c19-14-7-3-1-5-12(14)9-10-20-17-16-13-6-2-4-8-15(13)23-18(16)22-11-21-17/h1,3,5,7,11H,2,4,6,8-10H2,(H,20,21,22). The highest BCUT2D eigenvalue weighted by atomic mass is 35.5. The smallest absolute Gasteiger partial charge is 0.231 e. The molecule has 23 heavy (non-hydrogen) atoms. The monoisotopic (exact) mass is 327 g/mol. The fourth-order valence-corrected chi connectivity index (χ4v) is 3.47. The Labute approximate surface area is 139 Å². The van der Waals surface area contributed by atoms with E-state index in [1.807, 2.05) is 18.2 Å². The van der Waals surface area contributed by atoms with Gasteiger partial charge in [-0.1, -0.05) is 29.8 Å². The molecule has 2 heterocycles. The fraction of sp³-hybridized carbons (Fsp3) is 0.333. The minimum atomic E-state index is 0.701. The van der Waals surface area contributed by atoms with Crippen LogP contribution in [0, 0.1) is 0 Å². The number of aromatic nitrogens is 2. The summed E-state index contributed by atoms with van der Waals surface area (Å²) < 4.78 is 5.90. The van der Waals surface area contributed by atoms with Crippen LogP contribution in [0.5, 0.6) is 0 Å². The quantitative estimate of drug-likeness (QED) is 0.771. The molecular formula is C18H18ClN3O. The third-order valence-corrected chi connectivity index (χ3v) is 4.76. The number of hydrogen-bond acceptors (Lipinski definition) is 4. The van der Waals surface area contributed by atoms with Gasteiger partial charge in [0, 0.05) is 23.6 Å². The second-order valence-electron chi connectivity index (χ2n) is 5.88. The number of aryl methyl sites for hydroxylation is 2. The summed E-state index contributed by atoms with van der Waals surface area (Å²) in [5.41, 5.74) is 3.13. The Morgan fingerprint density at radius 3 is 2.91 bits per heavy atom. The summed E-state index contributed by atoms with van der Waals surface area (Å²) >= 11 is 6.21. The van der Waals surface area contributed by atoms with Crippen molar-refractivity contribution in [3.8, 4) is 0 Å². The van der Waals surface area contributed by atoms with Gasteiger partial charge in [0.15, 0.2) is 0 Å². The summed E-state index contributed by atoms with van der Waals surface area (Å²) in [6.45, 7) is 0.774. The summed E-state index contributed by atoms with van der Waals surface area (Å²) in [7, 11) is 0. The molecule has 4 nitrogen and oxygen atoms in total. The van der Waals surface area contributed by atoms with Crippen molar-refractivity contribution in [1.82, 2.24) is 9.97 Å². The molecule has 0 unspecified atom stereocenters. The van der Waals surface area contributed by atoms with Crippen LogP contribution >= 0.6 is 11.6 Å². The molecule has 1 aliphatic rings. The number of anilines is 1. The number of hydrogen-bond donors (Lipinski definition) is 1. The number of fused-ring (bicyclic) bond motifs is 3. The van der Waals surface area contributed by atoms with Gasteiger partial charge < -0.3 is 9.73 Å². The Balaban J connectivity index is 1.57. The Bertz CT molecular complexity index is 843. The maximum absolute atomic E-state index is 6.21. The van der Waals surface area contributed by atoms with Crippen LogP contribution in [0.4, 0.5) is 5.82 Å². The highest BCUT2D eigenvalue weighted by molar-refractivity contribution is 6.31. The van der Waals surface area contributed by atoms with Gasteiger partial charge in [0.2, 0.25) is 5.71 Å². The van der Waals surface area contributed by atoms with Crippen LogP contribution in [0.15, 0.2) is 35.0 Å². The number of furan rings is 1. The number of nitrogens with one attached hydrogen (secondary N) is 1. The second-order valence-corrected chi connectivity index (χ2v) is 6.29. The van der Waals surface area contributed by atoms with E-state index >= 15 is 0 Å². The van der Waals surface area contributed by atoms with Crippen molar-refractivity contribution in [3.63, 3.8) is 0 Å². The molecule has 1 N–H and O–H groups in total. The first-order valence-electron chi connectivity index (χ1n) is 8.05. The minimum absolute atomic E-state index is 0.701. The van der Waals surface area contributed by atoms with E-state index < -0.39 is 0 Å². The summed E-state index contributed by atoms with van der Waals surface area (Å²) in [4.78, 5) is 8.71. The van der Waals surface area contributed by atoms with Crippen molar-refractivity contribution >= 4 is 28.5 Å². The second kappa shape index (κ2) is 6.20. The third-order valence-electron chi connectivity index (χ3n) is 4.40. The first-order valence-corrected chi connectivity index (χ1v) is 8.43. The van der Waals surface area contributed by atoms with Crippen LogP contribution in [0.2, 0.25) is 5.02 Å². The summed E-state index contributed by atoms with van der Waals surface area (Å²) in [5, 5.41) is 5.29. The zero-order valence-corrected chi connectivity index (χ0v) is 13.6. The van der Waals surface area contributed by atoms with E-state index in [9.17, 15) is 0 Å². The van der Waals surface area contributed by atoms with E-state index in [1.54, 1.807) is 6.33 Å². The molecular weight excluding hydrogens is 310 g/mol. The topological polar surface area (TPSA) is 51.0 Å². The molecule has 0 aliphatic heterocycles. The number of rotatable bonds is 4. The van der Waals surface area contributed by atoms with E-state index in [1.165, 1.54) is 18.4 Å². The lowest BCUT2D eigenvalue weighted by molar-refractivity contribution is 0.499. The molecule has 0 saturated heterocycles. The summed E-state index contributed by atoms with van der Waals surface area (Å²) in [6.07, 6.45) is 6.87. The number of benzene rings is 1. The van der Waals surface area contributed by atoms with Crippen LogP contribution in [-0.4, -0.2) is 16.5 Å². The van der Waals surface area contributed by atoms with Crippen LogP contribution in [0.25, 0.3) is 11.1 Å². The van der Waals surface area contributed by atoms with E-state index in [-0.39, 0.29) is 0 Å². The largest absolute Gasteiger partial charge is 0.442 e. The summed E-state index contributed by atoms with van der Waals surface area (Å²) in [5.74, 6) is 1.95. The predicted octanol–water partition coefficient (Wildman–Crippen LogP) is 4.41. The van der Waals surface area contributed by atoms with E-state index in [4.69, 9.17) is 16.0 Å². The maximum Gasteiger partial charge on any atom is 0.231 e. The van der Waals surface area contributed by atoms with E-state index in [0.717, 1.165) is 53.4 Å². The van der Waals surface area contributed by atoms with Crippen molar-refractivity contribution in [2.75, 3.05) is 11.9 Å². The molecule has 5 heteroatoms. The average molecular weight is 328 g/mol. The van der Waals surface area contributed by atoms with Gasteiger partial charge in [0.05, 0.1) is 5.39 Å². The van der Waals surface area contributed by atoms with Crippen molar-refractivity contribution in [3.05, 3.63) is 52.5 Å². The Morgan fingerprint density at radius 2 is 2.00 bits per heavy atom. The van der Waals surface area contributed by atoms with Crippen LogP contribution in [0.3, 0.4) is 0 Å². The first kappa shape index (κ1) is 14.5. The van der Waals surface area contributed by atoms with E-state index in [0.29, 0.717) is 5.71 Å². The van der Waals surface area contributed by atoms with Crippen molar-refractivity contribution in [2.24, 2.45) is 0 Å². The van der Waals surface area contributed by atoms with Gasteiger partial charge >= 0.3 is 0 Å². The predicted molar refractivity (Wildman–Crippen MR) is 92.1 cm³/mol. The number of nitrogens with zero attached hydrogens (tertiary/aromatic N) is 2. The SMILES string of the molecule is Clc1ccccc1CCNc1ncnc2oc3c(c12)CCCC3. The molecule has 3 aromatic rings. The van der Waals surface area contributed by atoms with Gasteiger partial charge in [0.1, 0.15) is 17.9 Å². The fourth-order valence-electron chi connectivity index (χ4n) is 3.24. The Morgan fingerprint density at radius 1 is 1.13 bits per heavy atom. The minimum Gasteiger partial charge on any atom is -0.442 e. The van der Waals surface area contributed by atoms with Gasteiger partial charge in [-0.3, -0.25) is 0 Å². The van der Waals surface area contributed by atoms with Gasteiger partial charge in [-0.25, -0.2) is 9.97 Å². The van der Waals surface area contributed by atoms with Gasteiger partial charge in [-0.05, 0) is 37.3 Å². The molecule has 1 aliphatic carbocycles. The number of halogens is 1. The lowest BCUT2D eigenvalue weighted by Gasteiger charge is -2.11. The van der Waals surface area contributed by atoms with Gasteiger partial charge in [0.25, 0.3) is 0 Å². The van der Waals surface area contributed by atoms with E-state index in [2.05, 4.69) is 21.4 Å². The summed E-state index contributed by atoms with van der Waals surface area (Å²) in [6, 6.07) is 7.94. The highest BCUT2D eigenvalue weighted by Crippen LogP contribution is 2.34. The molecule has 0 bridgehead atoms. The molecule has 2 aromatic heterocycles. The molecule has 1 aromatic carbocycles. The molecule has 0 radical (unpaired) electrons. The van der Waals surface area contributed by atoms with Crippen LogP contribution in [-0.2, 0) is 19.3 Å². The highest BCUT2D eigenvalue weighted by Gasteiger charge is 2.21. The lowest BCUT2D eigenvalue weighted by Crippen LogP contribution is -2.08. The first-order chi connectivity index (χ1) is 11.3. The van der Waals surface area contributed by atoms with Crippen molar-refractivity contribution in [1.29, 1.82) is 0 Å². The normalized spacial score (nSPS) is 14.0. The van der Waals surface area contributed by atoms with Crippen LogP contribution in [0.1, 0.15) is 29.7 Å². The van der Waals surface area contributed by atoms with Crippen molar-refractivity contribution < 1.29 is 4.42 Å². The molecule has 0 amide bonds.